The largest absolute Gasteiger partial charge is 0.444 e. The predicted octanol–water partition coefficient (Wildman–Crippen LogP) is 5.92. The number of carbonyl (C=O) groups is 2. The number of rotatable bonds is 10. The monoisotopic (exact) mass is 593 g/mol. The number of pyridine rings is 1. The van der Waals surface area contributed by atoms with Crippen molar-refractivity contribution in [3.63, 3.8) is 0 Å². The van der Waals surface area contributed by atoms with E-state index in [2.05, 4.69) is 34.8 Å². The zero-order valence-corrected chi connectivity index (χ0v) is 26.2. The Morgan fingerprint density at radius 3 is 2.56 bits per heavy atom. The molecule has 1 aliphatic heterocycles. The van der Waals surface area contributed by atoms with E-state index in [0.717, 1.165) is 53.3 Å². The van der Waals surface area contributed by atoms with Gasteiger partial charge in [0.2, 0.25) is 0 Å². The fraction of sp³-hybridized carbons (Fsp3) is 0.690. The standard InChI is InChI=1S/C29H45F2N5O4Si/c1-29(2,3)40-28(38)35(17-24(30)31)16-20-7-9-21(10-8-20)36-18-33-27(37)23-15-32-26-22(25(23)36)11-12-34(26)19-39-13-14-41(4,5)6/h11-12,15,20-21,24H,7-10,13-14,16-19H2,1-6H3,(H,33,37)/t20-,21-. The van der Waals surface area contributed by atoms with Gasteiger partial charge in [-0.1, -0.05) is 19.6 Å². The second kappa shape index (κ2) is 12.6. The van der Waals surface area contributed by atoms with Crippen molar-refractivity contribution in [2.24, 2.45) is 5.92 Å². The van der Waals surface area contributed by atoms with Gasteiger partial charge >= 0.3 is 6.09 Å². The lowest BCUT2D eigenvalue weighted by molar-refractivity contribution is 0.00501. The lowest BCUT2D eigenvalue weighted by Crippen LogP contribution is -2.50. The van der Waals surface area contributed by atoms with Crippen molar-refractivity contribution in [1.82, 2.24) is 19.8 Å². The van der Waals surface area contributed by atoms with E-state index in [1.54, 1.807) is 27.0 Å². The molecule has 1 saturated carbocycles. The van der Waals surface area contributed by atoms with E-state index in [0.29, 0.717) is 25.6 Å². The highest BCUT2D eigenvalue weighted by Crippen LogP contribution is 2.38. The minimum atomic E-state index is -2.62. The third-order valence-electron chi connectivity index (χ3n) is 7.67. The summed E-state index contributed by atoms with van der Waals surface area (Å²) in [6, 6.07) is 3.25. The quantitative estimate of drug-likeness (QED) is 0.272. The molecule has 12 heteroatoms. The zero-order chi connectivity index (χ0) is 29.9. The van der Waals surface area contributed by atoms with Crippen molar-refractivity contribution in [1.29, 1.82) is 0 Å². The molecule has 1 N–H and O–H groups in total. The molecule has 0 unspecified atom stereocenters. The molecule has 228 valence electrons. The smallest absolute Gasteiger partial charge is 0.410 e. The number of aromatic nitrogens is 2. The minimum Gasteiger partial charge on any atom is -0.444 e. The van der Waals surface area contributed by atoms with Gasteiger partial charge in [-0.25, -0.2) is 18.6 Å². The van der Waals surface area contributed by atoms with Crippen LogP contribution in [-0.4, -0.2) is 79.0 Å². The molecule has 2 aromatic rings. The molecule has 1 fully saturated rings. The number of hydrogen-bond donors (Lipinski definition) is 1. The molecule has 3 heterocycles. The van der Waals surface area contributed by atoms with Gasteiger partial charge in [-0.05, 0) is 64.5 Å². The van der Waals surface area contributed by atoms with Crippen LogP contribution < -0.4 is 10.2 Å². The van der Waals surface area contributed by atoms with Gasteiger partial charge in [0.05, 0.1) is 24.5 Å². The Morgan fingerprint density at radius 1 is 1.22 bits per heavy atom. The molecule has 0 bridgehead atoms. The van der Waals surface area contributed by atoms with Crippen LogP contribution in [-0.2, 0) is 16.2 Å². The average molecular weight is 594 g/mol. The van der Waals surface area contributed by atoms with Crippen LogP contribution >= 0.6 is 0 Å². The Hall–Kier alpha value is -2.73. The lowest BCUT2D eigenvalue weighted by Gasteiger charge is -2.42. The fourth-order valence-corrected chi connectivity index (χ4v) is 6.31. The number of alkyl halides is 2. The Kier molecular flexibility index (Phi) is 9.62. The number of amides is 2. The summed E-state index contributed by atoms with van der Waals surface area (Å²) in [4.78, 5) is 33.4. The van der Waals surface area contributed by atoms with Crippen LogP contribution in [0, 0.1) is 5.92 Å². The molecule has 1 aliphatic carbocycles. The summed E-state index contributed by atoms with van der Waals surface area (Å²) in [6.07, 6.45) is 3.50. The van der Waals surface area contributed by atoms with E-state index in [-0.39, 0.29) is 24.4 Å². The predicted molar refractivity (Wildman–Crippen MR) is 158 cm³/mol. The Balaban J connectivity index is 1.45. The van der Waals surface area contributed by atoms with Gasteiger partial charge in [-0.2, -0.15) is 0 Å². The van der Waals surface area contributed by atoms with Gasteiger partial charge in [0.15, 0.2) is 0 Å². The number of carbonyl (C=O) groups excluding carboxylic acids is 2. The van der Waals surface area contributed by atoms with Crippen molar-refractivity contribution in [3.8, 4) is 0 Å². The fourth-order valence-electron chi connectivity index (χ4n) is 5.56. The van der Waals surface area contributed by atoms with Gasteiger partial charge in [-0.15, -0.1) is 0 Å². The van der Waals surface area contributed by atoms with Gasteiger partial charge < -0.3 is 29.2 Å². The first-order chi connectivity index (χ1) is 19.2. The van der Waals surface area contributed by atoms with Crippen LogP contribution in [0.2, 0.25) is 25.7 Å². The number of hydrogen-bond acceptors (Lipinski definition) is 6. The number of halogens is 2. The summed E-state index contributed by atoms with van der Waals surface area (Å²) in [5.74, 6) is -0.0401. The van der Waals surface area contributed by atoms with E-state index in [9.17, 15) is 18.4 Å². The van der Waals surface area contributed by atoms with Crippen LogP contribution in [0.25, 0.3) is 11.0 Å². The van der Waals surface area contributed by atoms with Gasteiger partial charge in [-0.3, -0.25) is 4.79 Å². The summed E-state index contributed by atoms with van der Waals surface area (Å²) in [7, 11) is -1.19. The normalized spacial score (nSPS) is 19.8. The molecule has 41 heavy (non-hydrogen) atoms. The molecule has 2 amide bonds. The summed E-state index contributed by atoms with van der Waals surface area (Å²) in [5, 5.41) is 3.90. The third-order valence-corrected chi connectivity index (χ3v) is 9.38. The van der Waals surface area contributed by atoms with Crippen LogP contribution in [0.3, 0.4) is 0 Å². The molecule has 0 aromatic carbocycles. The maximum atomic E-state index is 13.3. The second-order valence-electron chi connectivity index (χ2n) is 13.5. The number of nitrogens with one attached hydrogen (secondary N) is 1. The number of ether oxygens (including phenoxy) is 2. The topological polar surface area (TPSA) is 88.9 Å². The van der Waals surface area contributed by atoms with Crippen molar-refractivity contribution < 1.29 is 27.8 Å². The molecule has 2 aromatic heterocycles. The lowest BCUT2D eigenvalue weighted by atomic mass is 9.84. The second-order valence-corrected chi connectivity index (χ2v) is 19.1. The molecule has 9 nitrogen and oxygen atoms in total. The van der Waals surface area contributed by atoms with E-state index < -0.39 is 32.7 Å². The first kappa shape index (κ1) is 31.2. The molecular formula is C29H45F2N5O4Si. The van der Waals surface area contributed by atoms with Crippen molar-refractivity contribution in [2.45, 2.75) is 96.9 Å². The van der Waals surface area contributed by atoms with E-state index in [4.69, 9.17) is 9.47 Å². The van der Waals surface area contributed by atoms with Crippen LogP contribution in [0.5, 0.6) is 0 Å². The molecule has 0 spiro atoms. The highest BCUT2D eigenvalue weighted by Gasteiger charge is 2.35. The van der Waals surface area contributed by atoms with Crippen LogP contribution in [0.15, 0.2) is 18.5 Å². The maximum Gasteiger partial charge on any atom is 0.410 e. The summed E-state index contributed by atoms with van der Waals surface area (Å²) < 4.78 is 39.9. The molecule has 4 rings (SSSR count). The third kappa shape index (κ3) is 8.18. The number of fused-ring (bicyclic) bond motifs is 3. The Labute approximate surface area is 242 Å². The minimum absolute atomic E-state index is 0.100. The molecule has 0 radical (unpaired) electrons. The maximum absolute atomic E-state index is 13.3. The van der Waals surface area contributed by atoms with E-state index in [1.807, 2.05) is 16.8 Å². The first-order valence-corrected chi connectivity index (χ1v) is 18.3. The molecule has 0 atom stereocenters. The highest BCUT2D eigenvalue weighted by molar-refractivity contribution is 6.76. The first-order valence-electron chi connectivity index (χ1n) is 14.6. The van der Waals surface area contributed by atoms with Crippen LogP contribution in [0.4, 0.5) is 19.3 Å². The number of anilines is 1. The SMILES string of the molecule is CC(C)(C)OC(=O)N(CC(F)F)C[C@H]1CC[C@H](N2CNC(=O)c3cnc4c(ccn4COCC[Si](C)(C)C)c32)CC1. The van der Waals surface area contributed by atoms with Crippen molar-refractivity contribution in [2.75, 3.05) is 31.3 Å². The van der Waals surface area contributed by atoms with Gasteiger partial charge in [0, 0.05) is 45.0 Å². The van der Waals surface area contributed by atoms with Gasteiger partial charge in [0.25, 0.3) is 12.3 Å². The molecule has 2 aliphatic rings. The summed E-state index contributed by atoms with van der Waals surface area (Å²) in [5.41, 5.74) is 1.47. The Bertz CT molecular complexity index is 1220. The van der Waals surface area contributed by atoms with Crippen LogP contribution in [0.1, 0.15) is 56.8 Å². The highest BCUT2D eigenvalue weighted by atomic mass is 28.3. The van der Waals surface area contributed by atoms with Gasteiger partial charge in [0.1, 0.15) is 18.0 Å². The number of nitrogens with zero attached hydrogens (tertiary/aromatic N) is 4. The molecular weight excluding hydrogens is 548 g/mol. The van der Waals surface area contributed by atoms with E-state index in [1.165, 1.54) is 0 Å². The average Bonchev–Trinajstić information content (AvgIpc) is 3.28. The zero-order valence-electron chi connectivity index (χ0n) is 25.2. The van der Waals surface area contributed by atoms with E-state index >= 15 is 0 Å². The van der Waals surface area contributed by atoms with Crippen molar-refractivity contribution in [3.05, 3.63) is 24.0 Å². The van der Waals surface area contributed by atoms with Crippen molar-refractivity contribution >= 4 is 36.8 Å². The molecule has 0 saturated heterocycles. The summed E-state index contributed by atoms with van der Waals surface area (Å²) in [6.45, 7) is 13.3. The summed E-state index contributed by atoms with van der Waals surface area (Å²) >= 11 is 0. The Morgan fingerprint density at radius 2 is 1.93 bits per heavy atom.